The number of carbonyl (C=O) groups is 3. The Bertz CT molecular complexity index is 836. The fourth-order valence-electron chi connectivity index (χ4n) is 2.85. The van der Waals surface area contributed by atoms with Crippen molar-refractivity contribution in [3.05, 3.63) is 71.0 Å². The summed E-state index contributed by atoms with van der Waals surface area (Å²) in [5.74, 6) is -2.51. The maximum atomic E-state index is 13.8. The molecule has 0 aromatic heterocycles. The number of benzene rings is 2. The SMILES string of the molecule is CCN(Cc1ccccc1)C(=O)CN1C(=O)c2cccc(F)c2C1=O. The molecule has 6 heteroatoms. The quantitative estimate of drug-likeness (QED) is 0.786. The number of nitrogens with zero attached hydrogens (tertiary/aromatic N) is 2. The van der Waals surface area contributed by atoms with Crippen LogP contribution in [0.1, 0.15) is 33.2 Å². The number of fused-ring (bicyclic) bond motifs is 1. The second kappa shape index (κ2) is 6.84. The summed E-state index contributed by atoms with van der Waals surface area (Å²) in [5, 5.41) is 0. The van der Waals surface area contributed by atoms with Crippen LogP contribution in [-0.2, 0) is 11.3 Å². The van der Waals surface area contributed by atoms with E-state index >= 15 is 0 Å². The number of amides is 3. The molecule has 2 aromatic carbocycles. The van der Waals surface area contributed by atoms with Gasteiger partial charge in [0, 0.05) is 13.1 Å². The first-order chi connectivity index (χ1) is 12.0. The van der Waals surface area contributed by atoms with Gasteiger partial charge in [0.15, 0.2) is 0 Å². The Kier molecular flexibility index (Phi) is 4.61. The van der Waals surface area contributed by atoms with Crippen molar-refractivity contribution >= 4 is 17.7 Å². The summed E-state index contributed by atoms with van der Waals surface area (Å²) in [6, 6.07) is 13.3. The third-order valence-corrected chi connectivity index (χ3v) is 4.19. The van der Waals surface area contributed by atoms with Gasteiger partial charge in [-0.2, -0.15) is 0 Å². The molecule has 0 N–H and O–H groups in total. The number of imide groups is 1. The van der Waals surface area contributed by atoms with E-state index in [4.69, 9.17) is 0 Å². The molecule has 0 saturated heterocycles. The molecule has 2 aromatic rings. The van der Waals surface area contributed by atoms with E-state index in [1.807, 2.05) is 37.3 Å². The van der Waals surface area contributed by atoms with Gasteiger partial charge in [-0.25, -0.2) is 4.39 Å². The van der Waals surface area contributed by atoms with Crippen LogP contribution in [0.25, 0.3) is 0 Å². The molecule has 0 spiro atoms. The van der Waals surface area contributed by atoms with Crippen molar-refractivity contribution in [2.75, 3.05) is 13.1 Å². The lowest BCUT2D eigenvalue weighted by Gasteiger charge is -2.23. The first kappa shape index (κ1) is 16.8. The summed E-state index contributed by atoms with van der Waals surface area (Å²) in [6.45, 7) is 2.24. The van der Waals surface area contributed by atoms with Crippen molar-refractivity contribution < 1.29 is 18.8 Å². The summed E-state index contributed by atoms with van der Waals surface area (Å²) in [7, 11) is 0. The molecule has 1 aliphatic heterocycles. The van der Waals surface area contributed by atoms with Crippen molar-refractivity contribution in [1.29, 1.82) is 0 Å². The molecule has 1 heterocycles. The number of likely N-dealkylation sites (N-methyl/N-ethyl adjacent to an activating group) is 1. The fourth-order valence-corrected chi connectivity index (χ4v) is 2.85. The Hall–Kier alpha value is -3.02. The van der Waals surface area contributed by atoms with Gasteiger partial charge in [-0.05, 0) is 24.6 Å². The van der Waals surface area contributed by atoms with Crippen molar-refractivity contribution in [1.82, 2.24) is 9.80 Å². The zero-order valence-corrected chi connectivity index (χ0v) is 13.7. The first-order valence-electron chi connectivity index (χ1n) is 7.99. The lowest BCUT2D eigenvalue weighted by molar-refractivity contribution is -0.131. The first-order valence-corrected chi connectivity index (χ1v) is 7.99. The van der Waals surface area contributed by atoms with E-state index < -0.39 is 24.2 Å². The number of rotatable bonds is 5. The predicted octanol–water partition coefficient (Wildman–Crippen LogP) is 2.47. The Balaban J connectivity index is 1.76. The van der Waals surface area contributed by atoms with Gasteiger partial charge in [-0.15, -0.1) is 0 Å². The van der Waals surface area contributed by atoms with Crippen molar-refractivity contribution in [3.63, 3.8) is 0 Å². The van der Waals surface area contributed by atoms with Gasteiger partial charge < -0.3 is 4.90 Å². The van der Waals surface area contributed by atoms with Gasteiger partial charge in [-0.3, -0.25) is 19.3 Å². The number of hydrogen-bond acceptors (Lipinski definition) is 3. The van der Waals surface area contributed by atoms with Gasteiger partial charge in [0.1, 0.15) is 12.4 Å². The normalized spacial score (nSPS) is 13.1. The monoisotopic (exact) mass is 340 g/mol. The molecule has 3 amide bonds. The largest absolute Gasteiger partial charge is 0.337 e. The van der Waals surface area contributed by atoms with Crippen LogP contribution in [0, 0.1) is 5.82 Å². The summed E-state index contributed by atoms with van der Waals surface area (Å²) < 4.78 is 13.8. The Morgan fingerprint density at radius 3 is 2.40 bits per heavy atom. The maximum absolute atomic E-state index is 13.8. The van der Waals surface area contributed by atoms with E-state index in [0.29, 0.717) is 13.1 Å². The highest BCUT2D eigenvalue weighted by Crippen LogP contribution is 2.25. The van der Waals surface area contributed by atoms with Gasteiger partial charge >= 0.3 is 0 Å². The topological polar surface area (TPSA) is 57.7 Å². The Labute approximate surface area is 144 Å². The highest BCUT2D eigenvalue weighted by atomic mass is 19.1. The second-order valence-corrected chi connectivity index (χ2v) is 5.75. The third kappa shape index (κ3) is 3.15. The molecule has 0 bridgehead atoms. The molecule has 25 heavy (non-hydrogen) atoms. The molecule has 0 radical (unpaired) electrons. The summed E-state index contributed by atoms with van der Waals surface area (Å²) in [4.78, 5) is 39.6. The van der Waals surface area contributed by atoms with Gasteiger partial charge in [0.25, 0.3) is 11.8 Å². The van der Waals surface area contributed by atoms with Crippen LogP contribution in [0.5, 0.6) is 0 Å². The summed E-state index contributed by atoms with van der Waals surface area (Å²) in [5.41, 5.74) is 0.696. The molecular formula is C19H17FN2O3. The van der Waals surface area contributed by atoms with Gasteiger partial charge in [-0.1, -0.05) is 36.4 Å². The van der Waals surface area contributed by atoms with Crippen molar-refractivity contribution in [2.45, 2.75) is 13.5 Å². The predicted molar refractivity (Wildman–Crippen MR) is 89.3 cm³/mol. The lowest BCUT2D eigenvalue weighted by atomic mass is 10.1. The zero-order valence-electron chi connectivity index (χ0n) is 13.7. The minimum atomic E-state index is -0.762. The Morgan fingerprint density at radius 2 is 1.76 bits per heavy atom. The third-order valence-electron chi connectivity index (χ3n) is 4.19. The lowest BCUT2D eigenvalue weighted by Crippen LogP contribution is -2.42. The molecule has 0 aliphatic carbocycles. The van der Waals surface area contributed by atoms with E-state index in [2.05, 4.69) is 0 Å². The molecule has 128 valence electrons. The number of hydrogen-bond donors (Lipinski definition) is 0. The van der Waals surface area contributed by atoms with Crippen LogP contribution >= 0.6 is 0 Å². The molecule has 0 fully saturated rings. The van der Waals surface area contributed by atoms with E-state index in [-0.39, 0.29) is 17.0 Å². The molecule has 0 atom stereocenters. The van der Waals surface area contributed by atoms with Crippen LogP contribution in [0.2, 0.25) is 0 Å². The van der Waals surface area contributed by atoms with Crippen LogP contribution in [0.3, 0.4) is 0 Å². The smallest absolute Gasteiger partial charge is 0.265 e. The van der Waals surface area contributed by atoms with Gasteiger partial charge in [0.05, 0.1) is 11.1 Å². The highest BCUT2D eigenvalue weighted by molar-refractivity contribution is 6.22. The van der Waals surface area contributed by atoms with Crippen LogP contribution in [0.15, 0.2) is 48.5 Å². The van der Waals surface area contributed by atoms with Crippen LogP contribution in [0.4, 0.5) is 4.39 Å². The minimum Gasteiger partial charge on any atom is -0.337 e. The maximum Gasteiger partial charge on any atom is 0.265 e. The number of halogens is 1. The van der Waals surface area contributed by atoms with Crippen molar-refractivity contribution in [3.8, 4) is 0 Å². The van der Waals surface area contributed by atoms with Crippen molar-refractivity contribution in [2.24, 2.45) is 0 Å². The minimum absolute atomic E-state index is 0.00362. The molecule has 3 rings (SSSR count). The number of carbonyl (C=O) groups excluding carboxylic acids is 3. The molecule has 1 aliphatic rings. The molecular weight excluding hydrogens is 323 g/mol. The van der Waals surface area contributed by atoms with Crippen LogP contribution in [-0.4, -0.2) is 40.6 Å². The van der Waals surface area contributed by atoms with Crippen LogP contribution < -0.4 is 0 Å². The van der Waals surface area contributed by atoms with E-state index in [1.54, 1.807) is 4.90 Å². The molecule has 5 nitrogen and oxygen atoms in total. The summed E-state index contributed by atoms with van der Waals surface area (Å²) in [6.07, 6.45) is 0. The average Bonchev–Trinajstić information content (AvgIpc) is 2.86. The fraction of sp³-hybridized carbons (Fsp3) is 0.211. The van der Waals surface area contributed by atoms with E-state index in [1.165, 1.54) is 12.1 Å². The van der Waals surface area contributed by atoms with Gasteiger partial charge in [0.2, 0.25) is 5.91 Å². The molecule has 0 unspecified atom stereocenters. The van der Waals surface area contributed by atoms with E-state index in [0.717, 1.165) is 16.5 Å². The Morgan fingerprint density at radius 1 is 1.04 bits per heavy atom. The highest BCUT2D eigenvalue weighted by Gasteiger charge is 2.39. The second-order valence-electron chi connectivity index (χ2n) is 5.75. The zero-order chi connectivity index (χ0) is 18.0. The standard InChI is InChI=1S/C19H17FN2O3/c1-2-21(11-13-7-4-3-5-8-13)16(23)12-22-18(24)14-9-6-10-15(20)17(14)19(22)25/h3-10H,2,11-12H2,1H3. The molecule has 0 saturated carbocycles. The average molecular weight is 340 g/mol. The van der Waals surface area contributed by atoms with E-state index in [9.17, 15) is 18.8 Å². The summed E-state index contributed by atoms with van der Waals surface area (Å²) >= 11 is 0.